The zero-order chi connectivity index (χ0) is 16.4. The molecule has 0 fully saturated rings. The summed E-state index contributed by atoms with van der Waals surface area (Å²) in [6.45, 7) is 6.67. The second-order valence-corrected chi connectivity index (χ2v) is 5.00. The average molecular weight is 305 g/mol. The quantitative estimate of drug-likeness (QED) is 0.788. The number of nitriles is 1. The second kappa shape index (κ2) is 6.10. The molecule has 0 unspecified atom stereocenters. The van der Waals surface area contributed by atoms with Crippen molar-refractivity contribution in [3.8, 4) is 11.8 Å². The highest BCUT2D eigenvalue weighted by Gasteiger charge is 2.39. The van der Waals surface area contributed by atoms with Crippen LogP contribution in [-0.4, -0.2) is 48.1 Å². The summed E-state index contributed by atoms with van der Waals surface area (Å²) >= 11 is 0. The summed E-state index contributed by atoms with van der Waals surface area (Å²) in [6, 6.07) is 1.89. The number of esters is 1. The molecule has 7 nitrogen and oxygen atoms in total. The Morgan fingerprint density at radius 1 is 1.45 bits per heavy atom. The van der Waals surface area contributed by atoms with Gasteiger partial charge in [0.1, 0.15) is 17.3 Å². The summed E-state index contributed by atoms with van der Waals surface area (Å²) in [7, 11) is 1.38. The lowest BCUT2D eigenvalue weighted by atomic mass is 10.2. The Balaban J connectivity index is 2.74. The Morgan fingerprint density at radius 2 is 2.14 bits per heavy atom. The molecule has 0 aliphatic carbocycles. The van der Waals surface area contributed by atoms with Crippen LogP contribution in [0.5, 0.6) is 5.75 Å². The molecule has 0 saturated heterocycles. The van der Waals surface area contributed by atoms with Gasteiger partial charge in [0.05, 0.1) is 19.8 Å². The van der Waals surface area contributed by atoms with Crippen molar-refractivity contribution in [1.29, 1.82) is 5.26 Å². The molecule has 0 bridgehead atoms. The van der Waals surface area contributed by atoms with E-state index in [1.54, 1.807) is 16.4 Å². The first-order chi connectivity index (χ1) is 10.5. The van der Waals surface area contributed by atoms with Gasteiger partial charge >= 0.3 is 5.97 Å². The van der Waals surface area contributed by atoms with E-state index < -0.39 is 5.97 Å². The van der Waals surface area contributed by atoms with Crippen LogP contribution in [0.15, 0.2) is 0 Å². The predicted molar refractivity (Wildman–Crippen MR) is 77.9 cm³/mol. The topological polar surface area (TPSA) is 84.6 Å². The Hall–Kier alpha value is -2.49. The highest BCUT2D eigenvalue weighted by Crippen LogP contribution is 2.37. The Morgan fingerprint density at radius 3 is 2.64 bits per heavy atom. The van der Waals surface area contributed by atoms with Gasteiger partial charge in [0.25, 0.3) is 5.91 Å². The molecular weight excluding hydrogens is 286 g/mol. The van der Waals surface area contributed by atoms with E-state index in [2.05, 4.69) is 0 Å². The molecule has 22 heavy (non-hydrogen) atoms. The van der Waals surface area contributed by atoms with E-state index in [9.17, 15) is 14.9 Å². The van der Waals surface area contributed by atoms with Gasteiger partial charge in [0.15, 0.2) is 11.4 Å². The van der Waals surface area contributed by atoms with Crippen LogP contribution in [0.3, 0.4) is 0 Å². The van der Waals surface area contributed by atoms with Gasteiger partial charge in [-0.05, 0) is 20.8 Å². The summed E-state index contributed by atoms with van der Waals surface area (Å²) < 4.78 is 11.9. The number of rotatable bonds is 4. The third kappa shape index (κ3) is 2.21. The van der Waals surface area contributed by atoms with Crippen LogP contribution in [0.4, 0.5) is 0 Å². The largest absolute Gasteiger partial charge is 0.493 e. The van der Waals surface area contributed by atoms with Gasteiger partial charge in [-0.15, -0.1) is 0 Å². The van der Waals surface area contributed by atoms with Crippen LogP contribution in [0.1, 0.15) is 53.4 Å². The van der Waals surface area contributed by atoms with E-state index in [4.69, 9.17) is 9.47 Å². The number of amides is 1. The van der Waals surface area contributed by atoms with Gasteiger partial charge in [-0.2, -0.15) is 5.26 Å². The number of methoxy groups -OCH3 is 1. The Labute approximate surface area is 129 Å². The lowest BCUT2D eigenvalue weighted by molar-refractivity contribution is 0.0522. The van der Waals surface area contributed by atoms with E-state index in [0.717, 1.165) is 0 Å². The minimum Gasteiger partial charge on any atom is -0.493 e. The van der Waals surface area contributed by atoms with E-state index in [-0.39, 0.29) is 41.3 Å². The number of carbonyl (C=O) groups is 2. The van der Waals surface area contributed by atoms with Crippen LogP contribution in [0.2, 0.25) is 0 Å². The number of nitrogens with zero attached hydrogens (tertiary/aromatic N) is 3. The lowest BCUT2D eigenvalue weighted by Gasteiger charge is -2.32. The summed E-state index contributed by atoms with van der Waals surface area (Å²) in [5.41, 5.74) is 0.379. The second-order valence-electron chi connectivity index (χ2n) is 5.00. The first-order valence-electron chi connectivity index (χ1n) is 7.20. The number of fused-ring (bicyclic) bond motifs is 1. The van der Waals surface area contributed by atoms with Crippen molar-refractivity contribution in [3.63, 3.8) is 0 Å². The van der Waals surface area contributed by atoms with Gasteiger partial charge < -0.3 is 18.9 Å². The molecule has 118 valence electrons. The van der Waals surface area contributed by atoms with E-state index in [0.29, 0.717) is 13.1 Å². The molecule has 0 spiro atoms. The molecule has 0 aromatic carbocycles. The monoisotopic (exact) mass is 305 g/mol. The number of ether oxygens (including phenoxy) is 2. The van der Waals surface area contributed by atoms with Crippen LogP contribution in [0, 0.1) is 11.3 Å². The van der Waals surface area contributed by atoms with Crippen molar-refractivity contribution in [1.82, 2.24) is 9.47 Å². The molecule has 1 aromatic heterocycles. The molecule has 7 heteroatoms. The van der Waals surface area contributed by atoms with Crippen molar-refractivity contribution < 1.29 is 19.1 Å². The predicted octanol–water partition coefficient (Wildman–Crippen LogP) is 1.58. The van der Waals surface area contributed by atoms with Crippen LogP contribution >= 0.6 is 0 Å². The fraction of sp³-hybridized carbons (Fsp3) is 0.533. The highest BCUT2D eigenvalue weighted by atomic mass is 16.5. The summed E-state index contributed by atoms with van der Waals surface area (Å²) in [6.07, 6.45) is 0. The molecule has 1 aliphatic rings. The van der Waals surface area contributed by atoms with Crippen molar-refractivity contribution in [2.75, 3.05) is 26.8 Å². The first kappa shape index (κ1) is 15.9. The summed E-state index contributed by atoms with van der Waals surface area (Å²) in [5, 5.41) is 9.47. The molecule has 0 radical (unpaired) electrons. The number of aromatic nitrogens is 1. The van der Waals surface area contributed by atoms with E-state index in [1.807, 2.05) is 19.9 Å². The SMILES string of the molecule is CCOC(=O)c1c(OC)c2n(c1C#N)[C@@H](C)CN(CC)C2=O. The maximum absolute atomic E-state index is 12.6. The average Bonchev–Trinajstić information content (AvgIpc) is 2.85. The Bertz CT molecular complexity index is 657. The molecule has 2 heterocycles. The van der Waals surface area contributed by atoms with Crippen molar-refractivity contribution in [2.45, 2.75) is 26.8 Å². The van der Waals surface area contributed by atoms with Crippen molar-refractivity contribution >= 4 is 11.9 Å². The fourth-order valence-corrected chi connectivity index (χ4v) is 2.82. The van der Waals surface area contributed by atoms with E-state index in [1.165, 1.54) is 7.11 Å². The molecular formula is C15H19N3O4. The van der Waals surface area contributed by atoms with Crippen LogP contribution in [-0.2, 0) is 4.74 Å². The number of carbonyl (C=O) groups excluding carboxylic acids is 2. The first-order valence-corrected chi connectivity index (χ1v) is 7.20. The van der Waals surface area contributed by atoms with Crippen molar-refractivity contribution in [3.05, 3.63) is 17.0 Å². The zero-order valence-corrected chi connectivity index (χ0v) is 13.2. The third-order valence-corrected chi connectivity index (χ3v) is 3.75. The van der Waals surface area contributed by atoms with Gasteiger partial charge in [0, 0.05) is 13.1 Å². The van der Waals surface area contributed by atoms with Crippen LogP contribution < -0.4 is 4.74 Å². The summed E-state index contributed by atoms with van der Waals surface area (Å²) in [4.78, 5) is 26.5. The normalized spacial score (nSPS) is 17.0. The highest BCUT2D eigenvalue weighted by molar-refractivity contribution is 6.04. The third-order valence-electron chi connectivity index (χ3n) is 3.75. The maximum atomic E-state index is 12.6. The molecule has 1 aliphatic heterocycles. The zero-order valence-electron chi connectivity index (χ0n) is 13.2. The molecule has 1 amide bonds. The molecule has 0 N–H and O–H groups in total. The van der Waals surface area contributed by atoms with Gasteiger partial charge in [-0.25, -0.2) is 4.79 Å². The fourth-order valence-electron chi connectivity index (χ4n) is 2.82. The minimum absolute atomic E-state index is 0.0278. The van der Waals surface area contributed by atoms with Gasteiger partial charge in [-0.1, -0.05) is 0 Å². The minimum atomic E-state index is -0.652. The summed E-state index contributed by atoms with van der Waals surface area (Å²) in [5.74, 6) is -0.782. The molecule has 1 atom stereocenters. The molecule has 0 saturated carbocycles. The van der Waals surface area contributed by atoms with E-state index >= 15 is 0 Å². The lowest BCUT2D eigenvalue weighted by Crippen LogP contribution is -2.42. The number of hydrogen-bond donors (Lipinski definition) is 0. The van der Waals surface area contributed by atoms with Crippen LogP contribution in [0.25, 0.3) is 0 Å². The van der Waals surface area contributed by atoms with Crippen molar-refractivity contribution in [2.24, 2.45) is 0 Å². The maximum Gasteiger partial charge on any atom is 0.344 e. The number of likely N-dealkylation sites (N-methyl/N-ethyl adjacent to an activating group) is 1. The molecule has 1 aromatic rings. The van der Waals surface area contributed by atoms with Gasteiger partial charge in [-0.3, -0.25) is 4.79 Å². The standard InChI is InChI=1S/C15H19N3O4/c1-5-17-8-9(3)18-10(7-16)11(15(20)22-6-2)13(21-4)12(18)14(17)19/h9H,5-6,8H2,1-4H3/t9-/m0/s1. The Kier molecular flexibility index (Phi) is 4.40. The molecule has 2 rings (SSSR count). The smallest absolute Gasteiger partial charge is 0.344 e. The van der Waals surface area contributed by atoms with Gasteiger partial charge in [0.2, 0.25) is 0 Å². The number of hydrogen-bond acceptors (Lipinski definition) is 5.